The SMILES string of the molecule is C[C@H](Nc1c(C#N)c(=O)n(C)c(=O)n1C)c1ccc(-n2cncn2)cc1. The Bertz CT molecular complexity index is 1090. The van der Waals surface area contributed by atoms with Gasteiger partial charge in [-0.3, -0.25) is 13.9 Å². The van der Waals surface area contributed by atoms with Crippen LogP contribution in [0.5, 0.6) is 0 Å². The number of nitrogens with zero attached hydrogens (tertiary/aromatic N) is 6. The molecule has 0 saturated carbocycles. The highest BCUT2D eigenvalue weighted by Gasteiger charge is 2.17. The molecule has 0 aliphatic heterocycles. The highest BCUT2D eigenvalue weighted by molar-refractivity contribution is 5.52. The molecule has 0 amide bonds. The summed E-state index contributed by atoms with van der Waals surface area (Å²) in [6, 6.07) is 9.23. The van der Waals surface area contributed by atoms with Gasteiger partial charge in [0.05, 0.1) is 5.69 Å². The lowest BCUT2D eigenvalue weighted by Gasteiger charge is -2.19. The van der Waals surface area contributed by atoms with E-state index >= 15 is 0 Å². The van der Waals surface area contributed by atoms with Gasteiger partial charge in [0, 0.05) is 20.1 Å². The van der Waals surface area contributed by atoms with Crippen LogP contribution in [-0.2, 0) is 14.1 Å². The molecule has 3 rings (SSSR count). The molecule has 9 heteroatoms. The Morgan fingerprint density at radius 2 is 1.85 bits per heavy atom. The number of benzene rings is 1. The second kappa shape index (κ2) is 6.68. The van der Waals surface area contributed by atoms with E-state index in [1.54, 1.807) is 11.0 Å². The van der Waals surface area contributed by atoms with Gasteiger partial charge in [0.15, 0.2) is 5.56 Å². The summed E-state index contributed by atoms with van der Waals surface area (Å²) in [4.78, 5) is 28.2. The molecule has 0 spiro atoms. The predicted molar refractivity (Wildman–Crippen MR) is 95.0 cm³/mol. The smallest absolute Gasteiger partial charge is 0.332 e. The maximum atomic E-state index is 12.2. The molecule has 2 aromatic heterocycles. The first kappa shape index (κ1) is 17.2. The van der Waals surface area contributed by atoms with E-state index in [1.165, 1.54) is 25.0 Å². The number of nitrogens with one attached hydrogen (secondary N) is 1. The maximum Gasteiger partial charge on any atom is 0.332 e. The highest BCUT2D eigenvalue weighted by Crippen LogP contribution is 2.20. The third kappa shape index (κ3) is 2.88. The summed E-state index contributed by atoms with van der Waals surface area (Å²) < 4.78 is 3.82. The molecule has 0 aliphatic carbocycles. The minimum Gasteiger partial charge on any atom is -0.364 e. The summed E-state index contributed by atoms with van der Waals surface area (Å²) in [6.07, 6.45) is 3.06. The van der Waals surface area contributed by atoms with Gasteiger partial charge in [-0.15, -0.1) is 0 Å². The van der Waals surface area contributed by atoms with Crippen LogP contribution in [0.15, 0.2) is 46.5 Å². The molecular formula is C17H17N7O2. The van der Waals surface area contributed by atoms with Crippen LogP contribution < -0.4 is 16.6 Å². The van der Waals surface area contributed by atoms with Crippen molar-refractivity contribution in [1.82, 2.24) is 23.9 Å². The molecule has 132 valence electrons. The summed E-state index contributed by atoms with van der Waals surface area (Å²) in [5, 5.41) is 16.5. The molecule has 2 heterocycles. The topological polar surface area (TPSA) is 111 Å². The normalized spacial score (nSPS) is 11.8. The van der Waals surface area contributed by atoms with E-state index < -0.39 is 11.2 Å². The van der Waals surface area contributed by atoms with Crippen molar-refractivity contribution in [3.05, 3.63) is 68.9 Å². The number of aromatic nitrogens is 5. The minimum absolute atomic E-state index is 0.0966. The molecule has 0 fully saturated rings. The molecule has 1 N–H and O–H groups in total. The Hall–Kier alpha value is -3.67. The Labute approximate surface area is 148 Å². The van der Waals surface area contributed by atoms with E-state index in [4.69, 9.17) is 0 Å². The van der Waals surface area contributed by atoms with Crippen molar-refractivity contribution in [3.63, 3.8) is 0 Å². The van der Waals surface area contributed by atoms with Gasteiger partial charge in [-0.1, -0.05) is 12.1 Å². The number of rotatable bonds is 4. The van der Waals surface area contributed by atoms with E-state index in [1.807, 2.05) is 37.3 Å². The van der Waals surface area contributed by atoms with Gasteiger partial charge in [-0.2, -0.15) is 10.4 Å². The molecule has 9 nitrogen and oxygen atoms in total. The molecule has 3 aromatic rings. The van der Waals surface area contributed by atoms with Crippen LogP contribution >= 0.6 is 0 Å². The molecule has 1 atom stereocenters. The van der Waals surface area contributed by atoms with Crippen molar-refractivity contribution in [1.29, 1.82) is 5.26 Å². The van der Waals surface area contributed by atoms with E-state index in [2.05, 4.69) is 15.4 Å². The van der Waals surface area contributed by atoms with Crippen LogP contribution in [0.1, 0.15) is 24.1 Å². The van der Waals surface area contributed by atoms with Crippen molar-refractivity contribution in [2.45, 2.75) is 13.0 Å². The quantitative estimate of drug-likeness (QED) is 0.741. The van der Waals surface area contributed by atoms with Crippen molar-refractivity contribution in [2.24, 2.45) is 14.1 Å². The first-order chi connectivity index (χ1) is 12.4. The lowest BCUT2D eigenvalue weighted by Crippen LogP contribution is -2.40. The molecule has 0 bridgehead atoms. The summed E-state index contributed by atoms with van der Waals surface area (Å²) in [5.74, 6) is 0.202. The molecule has 0 radical (unpaired) electrons. The van der Waals surface area contributed by atoms with Crippen LogP contribution in [0.25, 0.3) is 5.69 Å². The second-order valence-corrected chi connectivity index (χ2v) is 5.84. The van der Waals surface area contributed by atoms with Crippen molar-refractivity contribution in [3.8, 4) is 11.8 Å². The zero-order valence-corrected chi connectivity index (χ0v) is 14.5. The van der Waals surface area contributed by atoms with Gasteiger partial charge >= 0.3 is 5.69 Å². The molecule has 26 heavy (non-hydrogen) atoms. The fourth-order valence-corrected chi connectivity index (χ4v) is 2.66. The second-order valence-electron chi connectivity index (χ2n) is 5.84. The first-order valence-corrected chi connectivity index (χ1v) is 7.85. The first-order valence-electron chi connectivity index (χ1n) is 7.85. The van der Waals surface area contributed by atoms with Gasteiger partial charge in [-0.25, -0.2) is 14.5 Å². The number of hydrogen-bond acceptors (Lipinski definition) is 6. The van der Waals surface area contributed by atoms with Crippen molar-refractivity contribution in [2.75, 3.05) is 5.32 Å². The number of anilines is 1. The molecule has 0 aliphatic rings. The zero-order valence-electron chi connectivity index (χ0n) is 14.5. The standard InChI is InChI=1S/C17H17N7O2/c1-11(12-4-6-13(7-5-12)24-10-19-9-20-24)21-15-14(8-18)16(25)23(3)17(26)22(15)2/h4-7,9-11,21H,1-3H3/t11-/m0/s1. The van der Waals surface area contributed by atoms with Crippen molar-refractivity contribution < 1.29 is 0 Å². The number of nitriles is 1. The van der Waals surface area contributed by atoms with Gasteiger partial charge in [0.2, 0.25) is 0 Å². The van der Waals surface area contributed by atoms with E-state index in [-0.39, 0.29) is 17.4 Å². The Morgan fingerprint density at radius 3 is 2.42 bits per heavy atom. The van der Waals surface area contributed by atoms with Gasteiger partial charge < -0.3 is 5.32 Å². The van der Waals surface area contributed by atoms with E-state index in [0.717, 1.165) is 15.8 Å². The van der Waals surface area contributed by atoms with Crippen LogP contribution in [-0.4, -0.2) is 23.9 Å². The third-order valence-electron chi connectivity index (χ3n) is 4.21. The van der Waals surface area contributed by atoms with Gasteiger partial charge in [0.1, 0.15) is 24.5 Å². The number of hydrogen-bond donors (Lipinski definition) is 1. The van der Waals surface area contributed by atoms with Gasteiger partial charge in [0.25, 0.3) is 5.56 Å². The zero-order chi connectivity index (χ0) is 18.8. The summed E-state index contributed by atoms with van der Waals surface area (Å²) in [5.41, 5.74) is 0.570. The highest BCUT2D eigenvalue weighted by atomic mass is 16.2. The maximum absolute atomic E-state index is 12.2. The van der Waals surface area contributed by atoms with Crippen LogP contribution in [0.4, 0.5) is 5.82 Å². The summed E-state index contributed by atoms with van der Waals surface area (Å²) in [7, 11) is 2.87. The van der Waals surface area contributed by atoms with Gasteiger partial charge in [-0.05, 0) is 24.6 Å². The Morgan fingerprint density at radius 1 is 1.15 bits per heavy atom. The minimum atomic E-state index is -0.619. The average molecular weight is 351 g/mol. The van der Waals surface area contributed by atoms with Crippen LogP contribution in [0.3, 0.4) is 0 Å². The Balaban J connectivity index is 1.94. The van der Waals surface area contributed by atoms with Crippen LogP contribution in [0, 0.1) is 11.3 Å². The molecular weight excluding hydrogens is 334 g/mol. The van der Waals surface area contributed by atoms with E-state index in [0.29, 0.717) is 0 Å². The average Bonchev–Trinajstić information content (AvgIpc) is 3.19. The lowest BCUT2D eigenvalue weighted by atomic mass is 10.1. The fourth-order valence-electron chi connectivity index (χ4n) is 2.66. The summed E-state index contributed by atoms with van der Waals surface area (Å²) >= 11 is 0. The fraction of sp³-hybridized carbons (Fsp3) is 0.235. The largest absolute Gasteiger partial charge is 0.364 e. The summed E-state index contributed by atoms with van der Waals surface area (Å²) in [6.45, 7) is 1.88. The Kier molecular flexibility index (Phi) is 4.41. The third-order valence-corrected chi connectivity index (χ3v) is 4.21. The van der Waals surface area contributed by atoms with Crippen LogP contribution in [0.2, 0.25) is 0 Å². The molecule has 0 saturated heterocycles. The van der Waals surface area contributed by atoms with Crippen molar-refractivity contribution >= 4 is 5.82 Å². The monoisotopic (exact) mass is 351 g/mol. The van der Waals surface area contributed by atoms with E-state index in [9.17, 15) is 14.9 Å². The molecule has 1 aromatic carbocycles. The molecule has 0 unspecified atom stereocenters. The lowest BCUT2D eigenvalue weighted by molar-refractivity contribution is 0.678. The predicted octanol–water partition coefficient (Wildman–Crippen LogP) is 0.709.